The molecule has 0 amide bonds. The highest BCUT2D eigenvalue weighted by Gasteiger charge is 2.05. The predicted molar refractivity (Wildman–Crippen MR) is 37.1 cm³/mol. The van der Waals surface area contributed by atoms with Crippen LogP contribution in [0.3, 0.4) is 0 Å². The van der Waals surface area contributed by atoms with Crippen LogP contribution in [-0.4, -0.2) is 16.0 Å². The van der Waals surface area contributed by atoms with Gasteiger partial charge in [-0.15, -0.1) is 0 Å². The Morgan fingerprint density at radius 2 is 2.12 bits per heavy atom. The fourth-order valence-electron chi connectivity index (χ4n) is 0.193. The highest BCUT2D eigenvalue weighted by Crippen LogP contribution is 2.01. The molecule has 0 radical (unpaired) electrons. The topological polar surface area (TPSA) is 34.1 Å². The highest BCUT2D eigenvalue weighted by molar-refractivity contribution is 8.19. The molecule has 0 rings (SSSR count). The SMILES string of the molecule is CCSC(=O)C(=O)S. The van der Waals surface area contributed by atoms with Crippen LogP contribution in [0.4, 0.5) is 0 Å². The van der Waals surface area contributed by atoms with Crippen LogP contribution < -0.4 is 0 Å². The zero-order valence-corrected chi connectivity index (χ0v) is 6.09. The lowest BCUT2D eigenvalue weighted by molar-refractivity contribution is -0.126. The van der Waals surface area contributed by atoms with Gasteiger partial charge in [0.05, 0.1) is 0 Å². The standard InChI is InChI=1S/C4H6O2S2/c1-2-8-4(6)3(5)7/h2H2,1H3,(H,5,7). The van der Waals surface area contributed by atoms with Gasteiger partial charge in [0.2, 0.25) is 0 Å². The molecule has 8 heavy (non-hydrogen) atoms. The van der Waals surface area contributed by atoms with Gasteiger partial charge in [0.25, 0.3) is 10.2 Å². The number of thiol groups is 1. The smallest absolute Gasteiger partial charge is 0.265 e. The van der Waals surface area contributed by atoms with E-state index in [0.29, 0.717) is 5.75 Å². The van der Waals surface area contributed by atoms with Crippen LogP contribution >= 0.6 is 24.4 Å². The number of rotatable bonds is 2. The van der Waals surface area contributed by atoms with Crippen molar-refractivity contribution in [2.75, 3.05) is 5.75 Å². The van der Waals surface area contributed by atoms with E-state index in [-0.39, 0.29) is 0 Å². The van der Waals surface area contributed by atoms with Gasteiger partial charge in [-0.2, -0.15) is 0 Å². The van der Waals surface area contributed by atoms with Crippen LogP contribution in [0.25, 0.3) is 0 Å². The van der Waals surface area contributed by atoms with E-state index < -0.39 is 10.2 Å². The van der Waals surface area contributed by atoms with Gasteiger partial charge in [-0.05, 0) is 5.75 Å². The second-order valence-corrected chi connectivity index (χ2v) is 2.67. The van der Waals surface area contributed by atoms with Gasteiger partial charge in [0.1, 0.15) is 0 Å². The van der Waals surface area contributed by atoms with Crippen LogP contribution in [0.5, 0.6) is 0 Å². The third kappa shape index (κ3) is 3.10. The van der Waals surface area contributed by atoms with Crippen LogP contribution in [-0.2, 0) is 9.59 Å². The molecule has 0 heterocycles. The Morgan fingerprint density at radius 1 is 1.62 bits per heavy atom. The third-order valence-corrected chi connectivity index (χ3v) is 1.54. The van der Waals surface area contributed by atoms with E-state index in [2.05, 4.69) is 12.6 Å². The maximum Gasteiger partial charge on any atom is 0.265 e. The summed E-state index contributed by atoms with van der Waals surface area (Å²) in [6.45, 7) is 1.80. The average Bonchev–Trinajstić information content (AvgIpc) is 1.67. The van der Waals surface area contributed by atoms with E-state index in [1.807, 2.05) is 0 Å². The van der Waals surface area contributed by atoms with Crippen LogP contribution in [0.1, 0.15) is 6.92 Å². The van der Waals surface area contributed by atoms with E-state index in [0.717, 1.165) is 11.8 Å². The minimum atomic E-state index is -0.670. The van der Waals surface area contributed by atoms with Crippen molar-refractivity contribution in [3.05, 3.63) is 0 Å². The van der Waals surface area contributed by atoms with Gasteiger partial charge in [-0.3, -0.25) is 9.59 Å². The van der Waals surface area contributed by atoms with Gasteiger partial charge in [-0.25, -0.2) is 0 Å². The second kappa shape index (κ2) is 3.97. The van der Waals surface area contributed by atoms with Gasteiger partial charge in [-0.1, -0.05) is 31.3 Å². The van der Waals surface area contributed by atoms with Crippen molar-refractivity contribution in [2.45, 2.75) is 6.92 Å². The van der Waals surface area contributed by atoms with Crippen LogP contribution in [0, 0.1) is 0 Å². The molecule has 0 aliphatic rings. The van der Waals surface area contributed by atoms with Crippen molar-refractivity contribution < 1.29 is 9.59 Å². The molecule has 0 aromatic carbocycles. The van der Waals surface area contributed by atoms with Crippen molar-refractivity contribution >= 4 is 34.6 Å². The van der Waals surface area contributed by atoms with Crippen molar-refractivity contribution in [2.24, 2.45) is 0 Å². The van der Waals surface area contributed by atoms with Gasteiger partial charge >= 0.3 is 0 Å². The molecule has 2 nitrogen and oxygen atoms in total. The summed E-state index contributed by atoms with van der Waals surface area (Å²) in [7, 11) is 0. The maximum absolute atomic E-state index is 10.3. The maximum atomic E-state index is 10.3. The fourth-order valence-corrected chi connectivity index (χ4v) is 0.772. The van der Waals surface area contributed by atoms with Crippen molar-refractivity contribution in [1.29, 1.82) is 0 Å². The zero-order chi connectivity index (χ0) is 6.57. The van der Waals surface area contributed by atoms with Gasteiger partial charge in [0.15, 0.2) is 0 Å². The minimum absolute atomic E-state index is 0.476. The number of carbonyl (C=O) groups is 2. The molecule has 0 bridgehead atoms. The molecule has 0 unspecified atom stereocenters. The number of thioether (sulfide) groups is 1. The molecule has 0 saturated heterocycles. The molecule has 0 aliphatic heterocycles. The lowest BCUT2D eigenvalue weighted by Crippen LogP contribution is -2.00. The van der Waals surface area contributed by atoms with Gasteiger partial charge in [0, 0.05) is 0 Å². The summed E-state index contributed by atoms with van der Waals surface area (Å²) in [4.78, 5) is 20.3. The zero-order valence-electron chi connectivity index (χ0n) is 4.38. The Balaban J connectivity index is 3.49. The molecule has 0 N–H and O–H groups in total. The molecule has 0 spiro atoms. The molecule has 0 saturated carbocycles. The van der Waals surface area contributed by atoms with Crippen molar-refractivity contribution in [3.8, 4) is 0 Å². The van der Waals surface area contributed by atoms with E-state index in [9.17, 15) is 9.59 Å². The first-order valence-corrected chi connectivity index (χ1v) is 3.51. The van der Waals surface area contributed by atoms with Crippen molar-refractivity contribution in [1.82, 2.24) is 0 Å². The molecular formula is C4H6O2S2. The van der Waals surface area contributed by atoms with Crippen LogP contribution in [0.15, 0.2) is 0 Å². The normalized spacial score (nSPS) is 8.75. The Hall–Kier alpha value is 0.0400. The Kier molecular flexibility index (Phi) is 3.99. The molecule has 4 heteroatoms. The molecule has 0 aromatic rings. The Labute approximate surface area is 57.4 Å². The number of hydrogen-bond acceptors (Lipinski definition) is 3. The lowest BCUT2D eigenvalue weighted by atomic mass is 10.9. The van der Waals surface area contributed by atoms with Gasteiger partial charge < -0.3 is 0 Å². The average molecular weight is 150 g/mol. The molecule has 46 valence electrons. The molecule has 0 aliphatic carbocycles. The third-order valence-electron chi connectivity index (χ3n) is 0.450. The summed E-state index contributed by atoms with van der Waals surface area (Å²) in [6, 6.07) is 0. The fraction of sp³-hybridized carbons (Fsp3) is 0.500. The lowest BCUT2D eigenvalue weighted by Gasteiger charge is -1.85. The van der Waals surface area contributed by atoms with Crippen LogP contribution in [0.2, 0.25) is 0 Å². The van der Waals surface area contributed by atoms with E-state index in [1.54, 1.807) is 6.92 Å². The number of hydrogen-bond donors (Lipinski definition) is 1. The quantitative estimate of drug-likeness (QED) is 0.465. The van der Waals surface area contributed by atoms with E-state index in [1.165, 1.54) is 0 Å². The molecular weight excluding hydrogens is 144 g/mol. The monoisotopic (exact) mass is 150 g/mol. The van der Waals surface area contributed by atoms with E-state index >= 15 is 0 Å². The van der Waals surface area contributed by atoms with Crippen molar-refractivity contribution in [3.63, 3.8) is 0 Å². The first-order valence-electron chi connectivity index (χ1n) is 2.08. The number of carbonyl (C=O) groups excluding carboxylic acids is 2. The first kappa shape index (κ1) is 8.04. The summed E-state index contributed by atoms with van der Waals surface area (Å²) in [6.07, 6.45) is 0. The first-order chi connectivity index (χ1) is 3.68. The molecule has 0 atom stereocenters. The summed E-state index contributed by atoms with van der Waals surface area (Å²) >= 11 is 4.29. The minimum Gasteiger partial charge on any atom is -0.277 e. The Bertz CT molecular complexity index is 111. The van der Waals surface area contributed by atoms with E-state index in [4.69, 9.17) is 0 Å². The largest absolute Gasteiger partial charge is 0.277 e. The summed E-state index contributed by atoms with van der Waals surface area (Å²) in [5.74, 6) is 0.630. The summed E-state index contributed by atoms with van der Waals surface area (Å²) in [5.41, 5.74) is 0. The Morgan fingerprint density at radius 3 is 2.25 bits per heavy atom. The highest BCUT2D eigenvalue weighted by atomic mass is 32.2. The summed E-state index contributed by atoms with van der Waals surface area (Å²) < 4.78 is 0. The molecule has 0 fully saturated rings. The predicted octanol–water partition coefficient (Wildman–Crippen LogP) is 0.722. The molecule has 0 aromatic heterocycles. The summed E-state index contributed by atoms with van der Waals surface area (Å²) in [5, 5.41) is -1.15. The second-order valence-electron chi connectivity index (χ2n) is 1.03.